The smallest absolute Gasteiger partial charge is 0.338 e. The molecule has 7 nitrogen and oxygen atoms in total. The van der Waals surface area contributed by atoms with Crippen molar-refractivity contribution in [2.75, 3.05) is 46.8 Å². The van der Waals surface area contributed by atoms with Gasteiger partial charge in [-0.25, -0.2) is 4.79 Å². The van der Waals surface area contributed by atoms with Crippen LogP contribution in [0.1, 0.15) is 12.5 Å². The van der Waals surface area contributed by atoms with E-state index in [0.29, 0.717) is 22.7 Å². The number of carbonyl (C=O) groups is 1. The van der Waals surface area contributed by atoms with E-state index in [4.69, 9.17) is 23.7 Å². The van der Waals surface area contributed by atoms with Crippen LogP contribution in [-0.4, -0.2) is 47.4 Å². The predicted molar refractivity (Wildman–Crippen MR) is 86.7 cm³/mol. The number of rotatable bonds is 10. The van der Waals surface area contributed by atoms with Crippen LogP contribution in [0, 0.1) is 0 Å². The van der Waals surface area contributed by atoms with Crippen molar-refractivity contribution in [3.05, 3.63) is 24.3 Å². The highest BCUT2D eigenvalue weighted by molar-refractivity contribution is 6.17. The first kappa shape index (κ1) is 18.8. The lowest BCUT2D eigenvalue weighted by atomic mass is 10.0. The number of ether oxygens (including phenoxy) is 5. The number of carbonyl (C=O) groups excluding carboxylic acids is 1. The van der Waals surface area contributed by atoms with Gasteiger partial charge in [-0.2, -0.15) is 0 Å². The van der Waals surface area contributed by atoms with Gasteiger partial charge >= 0.3 is 5.97 Å². The van der Waals surface area contributed by atoms with E-state index in [9.17, 15) is 4.79 Å². The van der Waals surface area contributed by atoms with Gasteiger partial charge in [-0.05, 0) is 19.1 Å². The molecule has 0 aliphatic heterocycles. The molecule has 0 bridgehead atoms. The SMILES string of the molecule is C=C(C(=O)OCC)c1c(OCOC)ccc(NC)c1OCOC. The predicted octanol–water partition coefficient (Wildman–Crippen LogP) is 2.27. The quantitative estimate of drug-likeness (QED) is 0.402. The summed E-state index contributed by atoms with van der Waals surface area (Å²) in [5.41, 5.74) is 1.18. The van der Waals surface area contributed by atoms with Crippen molar-refractivity contribution in [3.8, 4) is 11.5 Å². The molecular weight excluding hydrogens is 302 g/mol. The van der Waals surface area contributed by atoms with Crippen LogP contribution >= 0.6 is 0 Å². The Hall–Kier alpha value is -2.25. The van der Waals surface area contributed by atoms with Crippen LogP contribution in [0.3, 0.4) is 0 Å². The Morgan fingerprint density at radius 2 is 1.83 bits per heavy atom. The molecule has 0 aromatic heterocycles. The number of benzene rings is 1. The van der Waals surface area contributed by atoms with Crippen LogP contribution in [-0.2, 0) is 19.0 Å². The number of hydrogen-bond acceptors (Lipinski definition) is 7. The maximum absolute atomic E-state index is 12.1. The average molecular weight is 325 g/mol. The molecule has 128 valence electrons. The van der Waals surface area contributed by atoms with E-state index in [1.807, 2.05) is 0 Å². The average Bonchev–Trinajstić information content (AvgIpc) is 2.57. The summed E-state index contributed by atoms with van der Waals surface area (Å²) in [7, 11) is 4.75. The highest BCUT2D eigenvalue weighted by Crippen LogP contribution is 2.40. The van der Waals surface area contributed by atoms with Crippen molar-refractivity contribution in [1.82, 2.24) is 0 Å². The molecule has 0 saturated heterocycles. The fourth-order valence-corrected chi connectivity index (χ4v) is 1.88. The fourth-order valence-electron chi connectivity index (χ4n) is 1.88. The molecule has 0 spiro atoms. The first-order chi connectivity index (χ1) is 11.1. The Kier molecular flexibility index (Phi) is 7.93. The van der Waals surface area contributed by atoms with Crippen molar-refractivity contribution in [3.63, 3.8) is 0 Å². The maximum atomic E-state index is 12.1. The first-order valence-corrected chi connectivity index (χ1v) is 7.05. The van der Waals surface area contributed by atoms with E-state index in [0.717, 1.165) is 0 Å². The van der Waals surface area contributed by atoms with Crippen LogP contribution in [0.5, 0.6) is 11.5 Å². The molecule has 7 heteroatoms. The Labute approximate surface area is 136 Å². The van der Waals surface area contributed by atoms with Gasteiger partial charge in [0.1, 0.15) is 5.75 Å². The van der Waals surface area contributed by atoms with Gasteiger partial charge in [-0.3, -0.25) is 0 Å². The Bertz CT molecular complexity index is 544. The summed E-state index contributed by atoms with van der Waals surface area (Å²) in [4.78, 5) is 12.1. The fraction of sp³-hybridized carbons (Fsp3) is 0.438. The molecule has 0 amide bonds. The van der Waals surface area contributed by atoms with E-state index in [2.05, 4.69) is 11.9 Å². The second-order valence-corrected chi connectivity index (χ2v) is 4.37. The van der Waals surface area contributed by atoms with Crippen LogP contribution < -0.4 is 14.8 Å². The molecule has 0 saturated carbocycles. The van der Waals surface area contributed by atoms with Gasteiger partial charge in [0.05, 0.1) is 23.4 Å². The zero-order valence-corrected chi connectivity index (χ0v) is 13.9. The summed E-state index contributed by atoms with van der Waals surface area (Å²) in [5.74, 6) is 0.237. The zero-order chi connectivity index (χ0) is 17.2. The largest absolute Gasteiger partial charge is 0.467 e. The first-order valence-electron chi connectivity index (χ1n) is 7.05. The number of anilines is 1. The van der Waals surface area contributed by atoms with Crippen molar-refractivity contribution < 1.29 is 28.5 Å². The van der Waals surface area contributed by atoms with Crippen LogP contribution in [0.4, 0.5) is 5.69 Å². The van der Waals surface area contributed by atoms with E-state index in [1.165, 1.54) is 14.2 Å². The minimum absolute atomic E-state index is 0.00547. The molecule has 0 unspecified atom stereocenters. The van der Waals surface area contributed by atoms with Gasteiger partial charge in [-0.1, -0.05) is 6.58 Å². The van der Waals surface area contributed by atoms with Crippen LogP contribution in [0.2, 0.25) is 0 Å². The van der Waals surface area contributed by atoms with Gasteiger partial charge in [-0.15, -0.1) is 0 Å². The summed E-state index contributed by atoms with van der Waals surface area (Å²) < 4.78 is 26.0. The van der Waals surface area contributed by atoms with Crippen molar-refractivity contribution >= 4 is 17.2 Å². The van der Waals surface area contributed by atoms with Crippen molar-refractivity contribution in [2.24, 2.45) is 0 Å². The van der Waals surface area contributed by atoms with Gasteiger partial charge in [0, 0.05) is 21.3 Å². The molecule has 0 atom stereocenters. The third-order valence-corrected chi connectivity index (χ3v) is 2.87. The minimum Gasteiger partial charge on any atom is -0.467 e. The number of hydrogen-bond donors (Lipinski definition) is 1. The van der Waals surface area contributed by atoms with Crippen molar-refractivity contribution in [2.45, 2.75) is 6.92 Å². The number of esters is 1. The molecule has 0 aliphatic carbocycles. The Morgan fingerprint density at radius 3 is 2.39 bits per heavy atom. The molecule has 23 heavy (non-hydrogen) atoms. The molecular formula is C16H23NO6. The third-order valence-electron chi connectivity index (χ3n) is 2.87. The van der Waals surface area contributed by atoms with E-state index in [-0.39, 0.29) is 25.8 Å². The highest BCUT2D eigenvalue weighted by Gasteiger charge is 2.23. The van der Waals surface area contributed by atoms with Gasteiger partial charge < -0.3 is 29.0 Å². The van der Waals surface area contributed by atoms with Gasteiger partial charge in [0.15, 0.2) is 19.3 Å². The highest BCUT2D eigenvalue weighted by atomic mass is 16.7. The second kappa shape index (κ2) is 9.70. The lowest BCUT2D eigenvalue weighted by Gasteiger charge is -2.19. The second-order valence-electron chi connectivity index (χ2n) is 4.37. The molecule has 0 aliphatic rings. The lowest BCUT2D eigenvalue weighted by molar-refractivity contribution is -0.136. The van der Waals surface area contributed by atoms with Gasteiger partial charge in [0.2, 0.25) is 0 Å². The van der Waals surface area contributed by atoms with E-state index in [1.54, 1.807) is 26.1 Å². The summed E-state index contributed by atoms with van der Waals surface area (Å²) in [5, 5.41) is 2.99. The van der Waals surface area contributed by atoms with Crippen LogP contribution in [0.25, 0.3) is 5.57 Å². The van der Waals surface area contributed by atoms with E-state index < -0.39 is 5.97 Å². The zero-order valence-electron chi connectivity index (χ0n) is 13.9. The minimum atomic E-state index is -0.551. The molecule has 0 heterocycles. The summed E-state index contributed by atoms with van der Waals surface area (Å²) in [6.45, 7) is 5.80. The molecule has 0 radical (unpaired) electrons. The molecule has 1 N–H and O–H groups in total. The molecule has 1 rings (SSSR count). The van der Waals surface area contributed by atoms with Crippen LogP contribution in [0.15, 0.2) is 18.7 Å². The van der Waals surface area contributed by atoms with E-state index >= 15 is 0 Å². The monoisotopic (exact) mass is 325 g/mol. The molecule has 0 fully saturated rings. The summed E-state index contributed by atoms with van der Waals surface area (Å²) in [6.07, 6.45) is 0. The molecule has 1 aromatic carbocycles. The Balaban J connectivity index is 3.36. The third kappa shape index (κ3) is 4.87. The number of methoxy groups -OCH3 is 2. The normalized spacial score (nSPS) is 10.1. The molecule has 1 aromatic rings. The lowest BCUT2D eigenvalue weighted by Crippen LogP contribution is -2.12. The summed E-state index contributed by atoms with van der Waals surface area (Å²) >= 11 is 0. The van der Waals surface area contributed by atoms with Gasteiger partial charge in [0.25, 0.3) is 0 Å². The Morgan fingerprint density at radius 1 is 1.17 bits per heavy atom. The maximum Gasteiger partial charge on any atom is 0.338 e. The number of nitrogens with one attached hydrogen (secondary N) is 1. The van der Waals surface area contributed by atoms with Crippen molar-refractivity contribution in [1.29, 1.82) is 0 Å². The standard InChI is InChI=1S/C16H23NO6/c1-6-21-16(18)11(2)14-13(22-9-19-4)8-7-12(17-3)15(14)23-10-20-5/h7-8,17H,2,6,9-10H2,1,3-5H3. The summed E-state index contributed by atoms with van der Waals surface area (Å²) in [6, 6.07) is 3.46. The topological polar surface area (TPSA) is 75.3 Å².